The first-order chi connectivity index (χ1) is 9.29. The van der Waals surface area contributed by atoms with Crippen molar-refractivity contribution in [2.24, 2.45) is 5.92 Å². The molecule has 1 aromatic heterocycles. The van der Waals surface area contributed by atoms with Gasteiger partial charge in [0.25, 0.3) is 0 Å². The summed E-state index contributed by atoms with van der Waals surface area (Å²) < 4.78 is 7.17. The molecule has 1 N–H and O–H groups in total. The van der Waals surface area contributed by atoms with Crippen molar-refractivity contribution in [1.29, 1.82) is 0 Å². The van der Waals surface area contributed by atoms with Crippen LogP contribution in [-0.2, 0) is 24.2 Å². The third-order valence-electron chi connectivity index (χ3n) is 4.13. The van der Waals surface area contributed by atoms with Crippen LogP contribution in [-0.4, -0.2) is 28.9 Å². The molecule has 0 atom stereocenters. The molecule has 0 aromatic carbocycles. The third-order valence-corrected chi connectivity index (χ3v) is 4.13. The van der Waals surface area contributed by atoms with Crippen molar-refractivity contribution < 1.29 is 9.53 Å². The van der Waals surface area contributed by atoms with Crippen LogP contribution in [0.15, 0.2) is 0 Å². The van der Waals surface area contributed by atoms with Gasteiger partial charge in [0.2, 0.25) is 0 Å². The van der Waals surface area contributed by atoms with Gasteiger partial charge in [0, 0.05) is 37.3 Å². The van der Waals surface area contributed by atoms with E-state index in [9.17, 15) is 4.79 Å². The zero-order valence-electron chi connectivity index (χ0n) is 11.4. The van der Waals surface area contributed by atoms with Gasteiger partial charge < -0.3 is 10.1 Å². The number of carbonyl (C=O) groups excluding carboxylic acids is 1. The largest absolute Gasteiger partial charge is 0.461 e. The van der Waals surface area contributed by atoms with Gasteiger partial charge in [0.1, 0.15) is 0 Å². The maximum atomic E-state index is 12.0. The van der Waals surface area contributed by atoms with Gasteiger partial charge in [-0.05, 0) is 25.7 Å². The summed E-state index contributed by atoms with van der Waals surface area (Å²) in [6.07, 6.45) is 4.87. The molecule has 0 radical (unpaired) electrons. The van der Waals surface area contributed by atoms with E-state index in [0.29, 0.717) is 12.3 Å². The summed E-state index contributed by atoms with van der Waals surface area (Å²) >= 11 is 0. The van der Waals surface area contributed by atoms with Crippen molar-refractivity contribution in [3.05, 3.63) is 17.0 Å². The number of hydrogen-bond acceptors (Lipinski definition) is 4. The quantitative estimate of drug-likeness (QED) is 0.837. The fourth-order valence-electron chi connectivity index (χ4n) is 2.85. The van der Waals surface area contributed by atoms with E-state index in [-0.39, 0.29) is 5.97 Å². The highest BCUT2D eigenvalue weighted by Crippen LogP contribution is 2.29. The minimum atomic E-state index is -0.283. The number of aromatic nitrogens is 2. The van der Waals surface area contributed by atoms with E-state index in [4.69, 9.17) is 4.74 Å². The summed E-state index contributed by atoms with van der Waals surface area (Å²) in [5.41, 5.74) is 2.79. The Labute approximate surface area is 113 Å². The number of nitrogens with one attached hydrogen (secondary N) is 1. The van der Waals surface area contributed by atoms with Crippen molar-refractivity contribution in [2.75, 3.05) is 13.2 Å². The summed E-state index contributed by atoms with van der Waals surface area (Å²) in [5.74, 6) is 0.462. The van der Waals surface area contributed by atoms with Crippen LogP contribution >= 0.6 is 0 Å². The van der Waals surface area contributed by atoms with Gasteiger partial charge in [0.15, 0.2) is 5.69 Å². The van der Waals surface area contributed by atoms with Crippen LogP contribution in [0, 0.1) is 5.92 Å². The monoisotopic (exact) mass is 263 g/mol. The second kappa shape index (κ2) is 5.33. The van der Waals surface area contributed by atoms with Gasteiger partial charge in [-0.25, -0.2) is 4.79 Å². The first-order valence-electron chi connectivity index (χ1n) is 7.26. The van der Waals surface area contributed by atoms with E-state index in [2.05, 4.69) is 15.1 Å². The zero-order chi connectivity index (χ0) is 13.2. The Morgan fingerprint density at radius 3 is 3.05 bits per heavy atom. The van der Waals surface area contributed by atoms with Gasteiger partial charge in [-0.3, -0.25) is 4.68 Å². The fraction of sp³-hybridized carbons (Fsp3) is 0.714. The molecule has 0 unspecified atom stereocenters. The highest BCUT2D eigenvalue weighted by molar-refractivity contribution is 5.89. The number of nitrogens with zero attached hydrogens (tertiary/aromatic N) is 2. The summed E-state index contributed by atoms with van der Waals surface area (Å²) in [6.45, 7) is 4.88. The van der Waals surface area contributed by atoms with E-state index in [1.807, 2.05) is 6.92 Å². The average molecular weight is 263 g/mol. The molecule has 5 heteroatoms. The number of fused-ring (bicyclic) bond motifs is 1. The standard InChI is InChI=1S/C14H21N3O2/c1-2-19-14(18)13-11-8-15-7-6-12(11)17(16-13)9-10-4-3-5-10/h10,15H,2-9H2,1H3. The van der Waals surface area contributed by atoms with Crippen molar-refractivity contribution in [3.8, 4) is 0 Å². The summed E-state index contributed by atoms with van der Waals surface area (Å²) in [7, 11) is 0. The lowest BCUT2D eigenvalue weighted by Crippen LogP contribution is -2.27. The number of carbonyl (C=O) groups is 1. The van der Waals surface area contributed by atoms with E-state index < -0.39 is 0 Å². The van der Waals surface area contributed by atoms with Crippen molar-refractivity contribution >= 4 is 5.97 Å². The van der Waals surface area contributed by atoms with Gasteiger partial charge in [-0.1, -0.05) is 6.42 Å². The molecule has 0 saturated heterocycles. The normalized spacial score (nSPS) is 18.8. The molecule has 0 spiro atoms. The van der Waals surface area contributed by atoms with Crippen molar-refractivity contribution in [2.45, 2.75) is 45.7 Å². The van der Waals surface area contributed by atoms with Gasteiger partial charge in [-0.2, -0.15) is 5.10 Å². The first-order valence-corrected chi connectivity index (χ1v) is 7.26. The Morgan fingerprint density at radius 1 is 1.53 bits per heavy atom. The smallest absolute Gasteiger partial charge is 0.359 e. The average Bonchev–Trinajstić information content (AvgIpc) is 2.73. The topological polar surface area (TPSA) is 56.1 Å². The Balaban J connectivity index is 1.88. The highest BCUT2D eigenvalue weighted by Gasteiger charge is 2.27. The van der Waals surface area contributed by atoms with E-state index in [0.717, 1.165) is 37.5 Å². The SMILES string of the molecule is CCOC(=O)c1nn(CC2CCC2)c2c1CNCC2. The Hall–Kier alpha value is -1.36. The molecular formula is C14H21N3O2. The van der Waals surface area contributed by atoms with Crippen molar-refractivity contribution in [3.63, 3.8) is 0 Å². The molecule has 2 aliphatic rings. The molecule has 2 heterocycles. The lowest BCUT2D eigenvalue weighted by molar-refractivity contribution is 0.0516. The molecule has 1 saturated carbocycles. The van der Waals surface area contributed by atoms with E-state index in [1.54, 1.807) is 0 Å². The van der Waals surface area contributed by atoms with Crippen LogP contribution in [0.2, 0.25) is 0 Å². The van der Waals surface area contributed by atoms with Crippen LogP contribution in [0.5, 0.6) is 0 Å². The van der Waals surface area contributed by atoms with Crippen LogP contribution in [0.25, 0.3) is 0 Å². The minimum Gasteiger partial charge on any atom is -0.461 e. The molecule has 1 aliphatic heterocycles. The molecule has 0 amide bonds. The second-order valence-electron chi connectivity index (χ2n) is 5.40. The lowest BCUT2D eigenvalue weighted by atomic mass is 9.85. The minimum absolute atomic E-state index is 0.283. The Bertz CT molecular complexity index is 477. The van der Waals surface area contributed by atoms with E-state index >= 15 is 0 Å². The molecule has 0 bridgehead atoms. The highest BCUT2D eigenvalue weighted by atomic mass is 16.5. The van der Waals surface area contributed by atoms with Crippen molar-refractivity contribution in [1.82, 2.24) is 15.1 Å². The number of rotatable bonds is 4. The lowest BCUT2D eigenvalue weighted by Gasteiger charge is -2.26. The van der Waals surface area contributed by atoms with Gasteiger partial charge >= 0.3 is 5.97 Å². The molecule has 1 aliphatic carbocycles. The molecule has 1 aromatic rings. The number of esters is 1. The predicted molar refractivity (Wildman–Crippen MR) is 70.9 cm³/mol. The molecule has 104 valence electrons. The van der Waals surface area contributed by atoms with Crippen LogP contribution in [0.3, 0.4) is 0 Å². The molecule has 3 rings (SSSR count). The first kappa shape index (κ1) is 12.7. The van der Waals surface area contributed by atoms with Crippen LogP contribution in [0.1, 0.15) is 47.9 Å². The molecule has 5 nitrogen and oxygen atoms in total. The summed E-state index contributed by atoms with van der Waals surface area (Å²) in [6, 6.07) is 0. The third kappa shape index (κ3) is 2.39. The Morgan fingerprint density at radius 2 is 2.37 bits per heavy atom. The number of ether oxygens (including phenoxy) is 1. The Kier molecular flexibility index (Phi) is 3.55. The van der Waals surface area contributed by atoms with Gasteiger partial charge in [-0.15, -0.1) is 0 Å². The second-order valence-corrected chi connectivity index (χ2v) is 5.40. The zero-order valence-corrected chi connectivity index (χ0v) is 11.4. The van der Waals surface area contributed by atoms with E-state index in [1.165, 1.54) is 25.0 Å². The fourth-order valence-corrected chi connectivity index (χ4v) is 2.85. The maximum absolute atomic E-state index is 12.0. The maximum Gasteiger partial charge on any atom is 0.359 e. The molecule has 1 fully saturated rings. The van der Waals surface area contributed by atoms with Crippen LogP contribution < -0.4 is 5.32 Å². The predicted octanol–water partition coefficient (Wildman–Crippen LogP) is 1.51. The summed E-state index contributed by atoms with van der Waals surface area (Å²) in [5, 5.41) is 7.85. The summed E-state index contributed by atoms with van der Waals surface area (Å²) in [4.78, 5) is 12.0. The molecular weight excluding hydrogens is 242 g/mol. The van der Waals surface area contributed by atoms with Crippen LogP contribution in [0.4, 0.5) is 0 Å². The molecule has 19 heavy (non-hydrogen) atoms. The number of hydrogen-bond donors (Lipinski definition) is 1. The van der Waals surface area contributed by atoms with Gasteiger partial charge in [0.05, 0.1) is 6.61 Å².